The maximum atomic E-state index is 2.57. The van der Waals surface area contributed by atoms with Crippen molar-refractivity contribution in [3.63, 3.8) is 0 Å². The lowest BCUT2D eigenvalue weighted by atomic mass is 9.74. The Hall–Kier alpha value is -6.96. The van der Waals surface area contributed by atoms with E-state index in [2.05, 4.69) is 226 Å². The Morgan fingerprint density at radius 1 is 0.406 bits per heavy atom. The molecule has 0 N–H and O–H groups in total. The fourth-order valence-corrected chi connectivity index (χ4v) is 12.2. The molecule has 1 nitrogen and oxygen atoms in total. The third-order valence-electron chi connectivity index (χ3n) is 15.4. The molecule has 0 heterocycles. The van der Waals surface area contributed by atoms with Crippen LogP contribution in [0.1, 0.15) is 92.2 Å². The molecule has 310 valence electrons. The zero-order valence-electron chi connectivity index (χ0n) is 37.1. The third-order valence-corrected chi connectivity index (χ3v) is 15.4. The molecule has 3 aliphatic rings. The van der Waals surface area contributed by atoms with Gasteiger partial charge in [0.05, 0.1) is 11.4 Å². The van der Waals surface area contributed by atoms with E-state index in [0.717, 1.165) is 5.69 Å². The lowest BCUT2D eigenvalue weighted by Crippen LogP contribution is -2.22. The first-order valence-corrected chi connectivity index (χ1v) is 23.5. The molecule has 0 aromatic heterocycles. The largest absolute Gasteiger partial charge is 0.309 e. The van der Waals surface area contributed by atoms with Crippen molar-refractivity contribution in [2.75, 3.05) is 4.90 Å². The maximum Gasteiger partial charge on any atom is 0.0543 e. The van der Waals surface area contributed by atoms with E-state index in [4.69, 9.17) is 0 Å². The molecule has 9 aromatic carbocycles. The maximum absolute atomic E-state index is 2.57. The highest BCUT2D eigenvalue weighted by Gasteiger charge is 2.43. The normalized spacial score (nSPS) is 17.1. The Labute approximate surface area is 378 Å². The van der Waals surface area contributed by atoms with E-state index in [-0.39, 0.29) is 10.8 Å². The molecule has 0 amide bonds. The number of nitrogens with zero attached hydrogens (tertiary/aromatic N) is 1. The van der Waals surface area contributed by atoms with Crippen LogP contribution in [0.15, 0.2) is 200 Å². The second-order valence-corrected chi connectivity index (χ2v) is 19.1. The predicted octanol–water partition coefficient (Wildman–Crippen LogP) is 17.3. The summed E-state index contributed by atoms with van der Waals surface area (Å²) in [5.41, 5.74) is 21.8. The standard InChI is InChI=1S/C63H53N/c1-62(2)53-32-13-10-27-51(53)60-48(30-18-34-55(60)62)43-38-40-46(41-39-43)64(58-37-19-35-56-61(58)52-28-11-14-33-54(52)63(56,3)45-24-8-5-9-25-45)57-36-15-12-26-49(57)50-31-17-23-44-22-16-29-47(59(44)50)42-20-6-4-7-21-42/h5,8-19,22-42H,4,6-7,20-21H2,1-3H3. The molecule has 9 aromatic rings. The summed E-state index contributed by atoms with van der Waals surface area (Å²) in [6.07, 6.45) is 6.48. The number of hydrogen-bond donors (Lipinski definition) is 0. The van der Waals surface area contributed by atoms with Crippen LogP contribution in [0.25, 0.3) is 55.3 Å². The van der Waals surface area contributed by atoms with E-state index in [9.17, 15) is 0 Å². The van der Waals surface area contributed by atoms with Crippen LogP contribution in [0.4, 0.5) is 17.1 Å². The second kappa shape index (κ2) is 15.1. The van der Waals surface area contributed by atoms with Crippen molar-refractivity contribution in [1.29, 1.82) is 0 Å². The van der Waals surface area contributed by atoms with Crippen LogP contribution in [0.5, 0.6) is 0 Å². The lowest BCUT2D eigenvalue weighted by molar-refractivity contribution is 0.445. The summed E-state index contributed by atoms with van der Waals surface area (Å²) in [6.45, 7) is 7.16. The van der Waals surface area contributed by atoms with Gasteiger partial charge in [-0.1, -0.05) is 209 Å². The summed E-state index contributed by atoms with van der Waals surface area (Å²) < 4.78 is 0. The number of anilines is 3. The number of benzene rings is 9. The van der Waals surface area contributed by atoms with Gasteiger partial charge in [-0.2, -0.15) is 0 Å². The van der Waals surface area contributed by atoms with E-state index in [1.54, 1.807) is 0 Å². The predicted molar refractivity (Wildman–Crippen MR) is 270 cm³/mol. The molecular formula is C63H53N. The van der Waals surface area contributed by atoms with Gasteiger partial charge in [0.1, 0.15) is 0 Å². The fraction of sp³-hybridized carbons (Fsp3) is 0.175. The summed E-state index contributed by atoms with van der Waals surface area (Å²) in [6, 6.07) is 75.7. The average Bonchev–Trinajstić information content (AvgIpc) is 3.77. The van der Waals surface area contributed by atoms with Crippen molar-refractivity contribution in [1.82, 2.24) is 0 Å². The van der Waals surface area contributed by atoms with Crippen LogP contribution in [-0.2, 0) is 10.8 Å². The van der Waals surface area contributed by atoms with Crippen LogP contribution >= 0.6 is 0 Å². The van der Waals surface area contributed by atoms with Crippen LogP contribution < -0.4 is 4.90 Å². The van der Waals surface area contributed by atoms with E-state index < -0.39 is 0 Å². The minimum Gasteiger partial charge on any atom is -0.309 e. The number of hydrogen-bond acceptors (Lipinski definition) is 1. The van der Waals surface area contributed by atoms with Crippen molar-refractivity contribution in [2.45, 2.75) is 69.6 Å². The van der Waals surface area contributed by atoms with Gasteiger partial charge >= 0.3 is 0 Å². The molecule has 1 heteroatoms. The molecule has 0 radical (unpaired) electrons. The van der Waals surface area contributed by atoms with Crippen molar-refractivity contribution in [2.24, 2.45) is 0 Å². The zero-order chi connectivity index (χ0) is 43.0. The van der Waals surface area contributed by atoms with Gasteiger partial charge in [-0.15, -0.1) is 0 Å². The highest BCUT2D eigenvalue weighted by atomic mass is 15.1. The topological polar surface area (TPSA) is 3.24 Å². The van der Waals surface area contributed by atoms with Gasteiger partial charge in [-0.05, 0) is 127 Å². The monoisotopic (exact) mass is 823 g/mol. The first kappa shape index (κ1) is 38.7. The van der Waals surface area contributed by atoms with E-state index >= 15 is 0 Å². The van der Waals surface area contributed by atoms with Crippen LogP contribution in [-0.4, -0.2) is 0 Å². The van der Waals surface area contributed by atoms with Crippen molar-refractivity contribution in [3.05, 3.63) is 234 Å². The molecule has 0 spiro atoms. The van der Waals surface area contributed by atoms with Gasteiger partial charge in [-0.3, -0.25) is 0 Å². The molecular weight excluding hydrogens is 771 g/mol. The number of fused-ring (bicyclic) bond motifs is 7. The van der Waals surface area contributed by atoms with E-state index in [1.165, 1.54) is 132 Å². The smallest absolute Gasteiger partial charge is 0.0543 e. The van der Waals surface area contributed by atoms with Crippen molar-refractivity contribution < 1.29 is 0 Å². The van der Waals surface area contributed by atoms with Crippen LogP contribution in [0, 0.1) is 0 Å². The summed E-state index contributed by atoms with van der Waals surface area (Å²) in [5.74, 6) is 0.580. The summed E-state index contributed by atoms with van der Waals surface area (Å²) >= 11 is 0. The quantitative estimate of drug-likeness (QED) is 0.155. The molecule has 1 saturated carbocycles. The van der Waals surface area contributed by atoms with E-state index in [0.29, 0.717) is 5.92 Å². The molecule has 1 atom stereocenters. The number of rotatable bonds is 7. The van der Waals surface area contributed by atoms with Gasteiger partial charge in [0, 0.05) is 27.6 Å². The SMILES string of the molecule is CC1(C)c2ccccc2-c2c(-c3ccc(N(c4ccccc4-c4cccc5cccc(C6CCCCC6)c45)c4cccc5c4-c4ccccc4C5(C)c4ccccc4)cc3)cccc21. The molecule has 0 aliphatic heterocycles. The van der Waals surface area contributed by atoms with Gasteiger partial charge in [0.15, 0.2) is 0 Å². The van der Waals surface area contributed by atoms with Gasteiger partial charge in [-0.25, -0.2) is 0 Å². The molecule has 0 bridgehead atoms. The fourth-order valence-electron chi connectivity index (χ4n) is 12.2. The van der Waals surface area contributed by atoms with Crippen molar-refractivity contribution in [3.8, 4) is 44.5 Å². The highest BCUT2D eigenvalue weighted by Crippen LogP contribution is 2.58. The van der Waals surface area contributed by atoms with Crippen LogP contribution in [0.3, 0.4) is 0 Å². The summed E-state index contributed by atoms with van der Waals surface area (Å²) in [5, 5.41) is 2.72. The second-order valence-electron chi connectivity index (χ2n) is 19.1. The minimum atomic E-state index is -0.319. The first-order valence-electron chi connectivity index (χ1n) is 23.5. The number of para-hydroxylation sites is 1. The molecule has 3 aliphatic carbocycles. The lowest BCUT2D eigenvalue weighted by Gasteiger charge is -2.32. The molecule has 12 rings (SSSR count). The third kappa shape index (κ3) is 5.83. The van der Waals surface area contributed by atoms with E-state index in [1.807, 2.05) is 0 Å². The van der Waals surface area contributed by atoms with Gasteiger partial charge in [0.2, 0.25) is 0 Å². The molecule has 1 fully saturated rings. The first-order chi connectivity index (χ1) is 31.4. The highest BCUT2D eigenvalue weighted by molar-refractivity contribution is 6.05. The minimum absolute atomic E-state index is 0.0565. The van der Waals surface area contributed by atoms with Crippen LogP contribution in [0.2, 0.25) is 0 Å². The Morgan fingerprint density at radius 3 is 1.75 bits per heavy atom. The molecule has 64 heavy (non-hydrogen) atoms. The Morgan fingerprint density at radius 2 is 0.969 bits per heavy atom. The Balaban J connectivity index is 1.09. The summed E-state index contributed by atoms with van der Waals surface area (Å²) in [7, 11) is 0. The average molecular weight is 824 g/mol. The zero-order valence-corrected chi connectivity index (χ0v) is 37.1. The molecule has 0 saturated heterocycles. The van der Waals surface area contributed by atoms with Crippen molar-refractivity contribution >= 4 is 27.8 Å². The van der Waals surface area contributed by atoms with Gasteiger partial charge in [0.25, 0.3) is 0 Å². The Bertz CT molecular complexity index is 3230. The Kier molecular flexibility index (Phi) is 9.13. The molecule has 1 unspecified atom stereocenters. The summed E-state index contributed by atoms with van der Waals surface area (Å²) in [4.78, 5) is 2.57. The van der Waals surface area contributed by atoms with Gasteiger partial charge < -0.3 is 4.90 Å².